The number of hydrogen-bond acceptors (Lipinski definition) is 4. The SMILES string of the molecule is CCOc1ccccc1NC(=O)[C@@H](C)SCC(=O)Nc1ccccc1. The van der Waals surface area contributed by atoms with Crippen LogP contribution >= 0.6 is 11.8 Å². The number of ether oxygens (including phenoxy) is 1. The highest BCUT2D eigenvalue weighted by molar-refractivity contribution is 8.01. The quantitative estimate of drug-likeness (QED) is 0.753. The molecule has 0 unspecified atom stereocenters. The monoisotopic (exact) mass is 358 g/mol. The molecule has 2 aromatic rings. The molecule has 2 aromatic carbocycles. The van der Waals surface area contributed by atoms with Crippen molar-refractivity contribution in [3.63, 3.8) is 0 Å². The van der Waals surface area contributed by atoms with E-state index in [1.807, 2.05) is 55.5 Å². The minimum absolute atomic E-state index is 0.134. The van der Waals surface area contributed by atoms with Crippen molar-refractivity contribution >= 4 is 35.0 Å². The lowest BCUT2D eigenvalue weighted by Crippen LogP contribution is -2.25. The first-order chi connectivity index (χ1) is 12.1. The lowest BCUT2D eigenvalue weighted by atomic mass is 10.3. The van der Waals surface area contributed by atoms with Crippen LogP contribution in [0.25, 0.3) is 0 Å². The van der Waals surface area contributed by atoms with Gasteiger partial charge in [-0.15, -0.1) is 11.8 Å². The van der Waals surface area contributed by atoms with Gasteiger partial charge in [0, 0.05) is 5.69 Å². The molecular weight excluding hydrogens is 336 g/mol. The van der Waals surface area contributed by atoms with E-state index in [-0.39, 0.29) is 22.8 Å². The Morgan fingerprint density at radius 3 is 2.44 bits per heavy atom. The predicted octanol–water partition coefficient (Wildman–Crippen LogP) is 3.78. The Kier molecular flexibility index (Phi) is 7.35. The standard InChI is InChI=1S/C19H22N2O3S/c1-3-24-17-12-8-7-11-16(17)21-19(23)14(2)25-13-18(22)20-15-9-5-4-6-10-15/h4-12,14H,3,13H2,1-2H3,(H,20,22)(H,21,23)/t14-/m1/s1. The number of carbonyl (C=O) groups is 2. The smallest absolute Gasteiger partial charge is 0.237 e. The topological polar surface area (TPSA) is 67.4 Å². The number of carbonyl (C=O) groups excluding carboxylic acids is 2. The van der Waals surface area contributed by atoms with Gasteiger partial charge in [0.1, 0.15) is 5.75 Å². The Balaban J connectivity index is 1.83. The second kappa shape index (κ2) is 9.74. The Hall–Kier alpha value is -2.47. The Labute approximate surface area is 152 Å². The van der Waals surface area contributed by atoms with Crippen LogP contribution in [0.3, 0.4) is 0 Å². The maximum Gasteiger partial charge on any atom is 0.237 e. The van der Waals surface area contributed by atoms with Gasteiger partial charge in [-0.25, -0.2) is 0 Å². The molecule has 0 spiro atoms. The molecule has 5 nitrogen and oxygen atoms in total. The molecule has 0 heterocycles. The van der Waals surface area contributed by atoms with E-state index < -0.39 is 0 Å². The van der Waals surface area contributed by atoms with Crippen molar-refractivity contribution in [3.8, 4) is 5.75 Å². The van der Waals surface area contributed by atoms with E-state index in [0.717, 1.165) is 5.69 Å². The molecular formula is C19H22N2O3S. The molecule has 0 aliphatic heterocycles. The molecule has 2 N–H and O–H groups in total. The molecule has 0 aliphatic rings. The van der Waals surface area contributed by atoms with Crippen molar-refractivity contribution < 1.29 is 14.3 Å². The number of amides is 2. The average molecular weight is 358 g/mol. The first-order valence-electron chi connectivity index (χ1n) is 8.09. The fraction of sp³-hybridized carbons (Fsp3) is 0.263. The van der Waals surface area contributed by atoms with E-state index in [2.05, 4.69) is 10.6 Å². The van der Waals surface area contributed by atoms with Gasteiger partial charge < -0.3 is 15.4 Å². The molecule has 0 aromatic heterocycles. The maximum atomic E-state index is 12.3. The number of thioether (sulfide) groups is 1. The zero-order valence-corrected chi connectivity index (χ0v) is 15.1. The van der Waals surface area contributed by atoms with Crippen LogP contribution in [0.4, 0.5) is 11.4 Å². The predicted molar refractivity (Wildman–Crippen MR) is 103 cm³/mol. The summed E-state index contributed by atoms with van der Waals surface area (Å²) < 4.78 is 5.50. The summed E-state index contributed by atoms with van der Waals surface area (Å²) in [5.41, 5.74) is 1.38. The third-order valence-electron chi connectivity index (χ3n) is 3.34. The van der Waals surface area contributed by atoms with E-state index >= 15 is 0 Å². The van der Waals surface area contributed by atoms with Crippen molar-refractivity contribution in [2.24, 2.45) is 0 Å². The third kappa shape index (κ3) is 6.15. The van der Waals surface area contributed by atoms with Gasteiger partial charge in [-0.05, 0) is 38.1 Å². The van der Waals surface area contributed by atoms with Crippen LogP contribution in [0.15, 0.2) is 54.6 Å². The van der Waals surface area contributed by atoms with Gasteiger partial charge in [0.25, 0.3) is 0 Å². The summed E-state index contributed by atoms with van der Waals surface area (Å²) in [6.07, 6.45) is 0. The first kappa shape index (κ1) is 18.9. The fourth-order valence-electron chi connectivity index (χ4n) is 2.08. The van der Waals surface area contributed by atoms with Crippen molar-refractivity contribution in [1.29, 1.82) is 0 Å². The van der Waals surface area contributed by atoms with Gasteiger partial charge in [-0.1, -0.05) is 30.3 Å². The molecule has 6 heteroatoms. The molecule has 2 amide bonds. The van der Waals surface area contributed by atoms with Crippen LogP contribution in [0.2, 0.25) is 0 Å². The van der Waals surface area contributed by atoms with Crippen LogP contribution < -0.4 is 15.4 Å². The summed E-state index contributed by atoms with van der Waals surface area (Å²) in [4.78, 5) is 24.3. The molecule has 0 saturated carbocycles. The zero-order valence-electron chi connectivity index (χ0n) is 14.3. The second-order valence-electron chi connectivity index (χ2n) is 5.29. The summed E-state index contributed by atoms with van der Waals surface area (Å²) in [6, 6.07) is 16.5. The van der Waals surface area contributed by atoms with Gasteiger partial charge in [0.15, 0.2) is 0 Å². The zero-order chi connectivity index (χ0) is 18.1. The van der Waals surface area contributed by atoms with Gasteiger partial charge in [0.05, 0.1) is 23.3 Å². The molecule has 0 fully saturated rings. The van der Waals surface area contributed by atoms with E-state index in [1.54, 1.807) is 13.0 Å². The second-order valence-corrected chi connectivity index (χ2v) is 6.61. The van der Waals surface area contributed by atoms with Gasteiger partial charge in [-0.3, -0.25) is 9.59 Å². The van der Waals surface area contributed by atoms with Crippen LogP contribution in [0, 0.1) is 0 Å². The maximum absolute atomic E-state index is 12.3. The van der Waals surface area contributed by atoms with Gasteiger partial charge in [-0.2, -0.15) is 0 Å². The first-order valence-corrected chi connectivity index (χ1v) is 9.14. The molecule has 0 bridgehead atoms. The lowest BCUT2D eigenvalue weighted by molar-refractivity contribution is -0.115. The Morgan fingerprint density at radius 1 is 1.04 bits per heavy atom. The summed E-state index contributed by atoms with van der Waals surface area (Å²) in [5.74, 6) is 0.545. The van der Waals surface area contributed by atoms with Crippen molar-refractivity contribution in [2.75, 3.05) is 23.0 Å². The molecule has 0 saturated heterocycles. The van der Waals surface area contributed by atoms with E-state index in [0.29, 0.717) is 18.0 Å². The van der Waals surface area contributed by atoms with Crippen LogP contribution in [0.5, 0.6) is 5.75 Å². The number of benzene rings is 2. The van der Waals surface area contributed by atoms with Crippen LogP contribution in [-0.4, -0.2) is 29.4 Å². The highest BCUT2D eigenvalue weighted by Crippen LogP contribution is 2.25. The highest BCUT2D eigenvalue weighted by Gasteiger charge is 2.17. The van der Waals surface area contributed by atoms with E-state index in [9.17, 15) is 9.59 Å². The molecule has 0 aliphatic carbocycles. The number of para-hydroxylation sites is 3. The summed E-state index contributed by atoms with van der Waals surface area (Å²) in [7, 11) is 0. The number of rotatable bonds is 8. The molecule has 1 atom stereocenters. The Morgan fingerprint density at radius 2 is 1.72 bits per heavy atom. The van der Waals surface area contributed by atoms with Crippen molar-refractivity contribution in [1.82, 2.24) is 0 Å². The van der Waals surface area contributed by atoms with Crippen LogP contribution in [0.1, 0.15) is 13.8 Å². The van der Waals surface area contributed by atoms with Crippen molar-refractivity contribution in [2.45, 2.75) is 19.1 Å². The van der Waals surface area contributed by atoms with Crippen molar-refractivity contribution in [3.05, 3.63) is 54.6 Å². The molecule has 25 heavy (non-hydrogen) atoms. The van der Waals surface area contributed by atoms with E-state index in [1.165, 1.54) is 11.8 Å². The fourth-order valence-corrected chi connectivity index (χ4v) is 2.76. The minimum Gasteiger partial charge on any atom is -0.492 e. The minimum atomic E-state index is -0.365. The summed E-state index contributed by atoms with van der Waals surface area (Å²) in [5, 5.41) is 5.29. The lowest BCUT2D eigenvalue weighted by Gasteiger charge is -2.14. The molecule has 0 radical (unpaired) electrons. The largest absolute Gasteiger partial charge is 0.492 e. The number of hydrogen-bond donors (Lipinski definition) is 2. The molecule has 2 rings (SSSR count). The summed E-state index contributed by atoms with van der Waals surface area (Å²) in [6.45, 7) is 4.19. The number of nitrogens with one attached hydrogen (secondary N) is 2. The molecule has 132 valence electrons. The summed E-state index contributed by atoms with van der Waals surface area (Å²) >= 11 is 1.29. The Bertz CT molecular complexity index is 707. The highest BCUT2D eigenvalue weighted by atomic mass is 32.2. The normalized spacial score (nSPS) is 11.4. The average Bonchev–Trinajstić information content (AvgIpc) is 2.62. The van der Waals surface area contributed by atoms with Gasteiger partial charge in [0.2, 0.25) is 11.8 Å². The van der Waals surface area contributed by atoms with E-state index in [4.69, 9.17) is 4.74 Å². The van der Waals surface area contributed by atoms with Gasteiger partial charge >= 0.3 is 0 Å². The van der Waals surface area contributed by atoms with Crippen LogP contribution in [-0.2, 0) is 9.59 Å². The third-order valence-corrected chi connectivity index (χ3v) is 4.48. The number of anilines is 2.